The summed E-state index contributed by atoms with van der Waals surface area (Å²) < 4.78 is 12.0. The molecule has 92 heavy (non-hydrogen) atoms. The fraction of sp³-hybridized carbons (Fsp3) is 0.328. The van der Waals surface area contributed by atoms with E-state index in [2.05, 4.69) is 57.8 Å². The van der Waals surface area contributed by atoms with Gasteiger partial charge in [-0.3, -0.25) is 43.2 Å². The number of amides is 9. The standard InChI is InChI=1S/C33H44N10O5.C31H35N9O4/c1-21-13-25(40(4)17-21)31(46)36-23-15-27(42(6)19-23)33(48)38-24-16-28(43(7)20-24)32(47)37-22-14-26(41(5)18-22)30(45)35-11-9-29(44)34-10-8-12-39(2)3;1-32-28(41)6-5-12-33-29(42)19-8-10-25-23(15-19)37-27(40(25)4)11-13-34-31(44)26-16-21(17-38(26)2)36-30(43)20-7-9-24-22(14-20)35-18-39(24)3/h13-20H,8-12H2,1-7H3,(H,34,44)(H,35,45)(H,36,46)(H,37,47)(H,38,48);7-10,14-18H,5-6,11-13H2,1-4H3,(H,32,41)(H,33,42)(H,34,44)(H,36,43). The van der Waals surface area contributed by atoms with E-state index in [9.17, 15) is 43.2 Å². The Bertz CT molecular complexity index is 4240. The zero-order valence-corrected chi connectivity index (χ0v) is 53.5. The van der Waals surface area contributed by atoms with Gasteiger partial charge in [0.25, 0.3) is 41.4 Å². The van der Waals surface area contributed by atoms with Crippen molar-refractivity contribution in [1.29, 1.82) is 0 Å². The molecule has 9 N–H and O–H groups in total. The summed E-state index contributed by atoms with van der Waals surface area (Å²) in [5, 5.41) is 25.1. The van der Waals surface area contributed by atoms with Gasteiger partial charge in [0.05, 0.1) is 51.1 Å². The van der Waals surface area contributed by atoms with Crippen molar-refractivity contribution in [2.45, 2.75) is 39.0 Å². The van der Waals surface area contributed by atoms with Crippen LogP contribution in [0.5, 0.6) is 0 Å². The third-order valence-electron chi connectivity index (χ3n) is 15.1. The number of carbonyl (C=O) groups excluding carboxylic acids is 9. The maximum absolute atomic E-state index is 13.1. The summed E-state index contributed by atoms with van der Waals surface area (Å²) in [4.78, 5) is 124. The van der Waals surface area contributed by atoms with Crippen LogP contribution < -0.4 is 47.9 Å². The number of nitrogens with zero attached hydrogens (tertiary/aromatic N) is 10. The van der Waals surface area contributed by atoms with Crippen molar-refractivity contribution in [3.05, 3.63) is 155 Å². The number of hydrogen-bond acceptors (Lipinski definition) is 12. The average Bonchev–Trinajstić information content (AvgIpc) is 1.79. The second-order valence-electron chi connectivity index (χ2n) is 22.6. The molecule has 9 aromatic rings. The predicted octanol–water partition coefficient (Wildman–Crippen LogP) is 4.57. The van der Waals surface area contributed by atoms with Crippen molar-refractivity contribution in [2.75, 3.05) is 75.1 Å². The molecule has 0 saturated carbocycles. The molecule has 0 radical (unpaired) electrons. The normalized spacial score (nSPS) is 11.0. The van der Waals surface area contributed by atoms with E-state index in [0.29, 0.717) is 101 Å². The van der Waals surface area contributed by atoms with Gasteiger partial charge in [-0.1, -0.05) is 0 Å². The zero-order chi connectivity index (χ0) is 66.5. The smallest absolute Gasteiger partial charge is 0.272 e. The lowest BCUT2D eigenvalue weighted by molar-refractivity contribution is -0.121. The molecule has 28 nitrogen and oxygen atoms in total. The molecule has 9 rings (SSSR count). The topological polar surface area (TPSA) is 325 Å². The molecule has 0 saturated heterocycles. The van der Waals surface area contributed by atoms with Crippen LogP contribution in [0.1, 0.15) is 110 Å². The predicted molar refractivity (Wildman–Crippen MR) is 350 cm³/mol. The lowest BCUT2D eigenvalue weighted by Crippen LogP contribution is -2.32. The quantitative estimate of drug-likeness (QED) is 0.0356. The molecule has 484 valence electrons. The van der Waals surface area contributed by atoms with Crippen LogP contribution in [0, 0.1) is 6.92 Å². The zero-order valence-electron chi connectivity index (χ0n) is 53.5. The number of rotatable bonds is 25. The van der Waals surface area contributed by atoms with Crippen molar-refractivity contribution >= 4 is 98.0 Å². The molecule has 0 aliphatic rings. The third-order valence-corrected chi connectivity index (χ3v) is 15.1. The van der Waals surface area contributed by atoms with Crippen molar-refractivity contribution in [2.24, 2.45) is 49.3 Å². The van der Waals surface area contributed by atoms with Gasteiger partial charge >= 0.3 is 0 Å². The molecular formula is C64H79N19O9. The summed E-state index contributed by atoms with van der Waals surface area (Å²) >= 11 is 0. The number of aryl methyl sites for hydroxylation is 8. The minimum absolute atomic E-state index is 0.0641. The van der Waals surface area contributed by atoms with E-state index >= 15 is 0 Å². The highest BCUT2D eigenvalue weighted by molar-refractivity contribution is 6.09. The van der Waals surface area contributed by atoms with Crippen molar-refractivity contribution < 1.29 is 43.2 Å². The van der Waals surface area contributed by atoms with Gasteiger partial charge in [0, 0.05) is 144 Å². The first-order chi connectivity index (χ1) is 43.8. The van der Waals surface area contributed by atoms with Crippen molar-refractivity contribution in [3.8, 4) is 0 Å². The van der Waals surface area contributed by atoms with Crippen LogP contribution in [-0.4, -0.2) is 154 Å². The number of benzene rings is 2. The van der Waals surface area contributed by atoms with Crippen LogP contribution in [0.15, 0.2) is 104 Å². The van der Waals surface area contributed by atoms with E-state index in [4.69, 9.17) is 0 Å². The molecule has 0 aliphatic heterocycles. The third kappa shape index (κ3) is 17.0. The Labute approximate surface area is 531 Å². The molecule has 9 amide bonds. The van der Waals surface area contributed by atoms with Gasteiger partial charge < -0.3 is 84.7 Å². The van der Waals surface area contributed by atoms with E-state index in [1.54, 1.807) is 151 Å². The van der Waals surface area contributed by atoms with Gasteiger partial charge in [0.2, 0.25) is 11.8 Å². The first kappa shape index (κ1) is 66.9. The number of carbonyl (C=O) groups is 9. The minimum atomic E-state index is -0.443. The number of hydrogen-bond donors (Lipinski definition) is 9. The number of anilines is 4. The molecule has 0 bridgehead atoms. The van der Waals surface area contributed by atoms with E-state index < -0.39 is 11.8 Å². The number of nitrogens with one attached hydrogen (secondary N) is 9. The second kappa shape index (κ2) is 30.0. The van der Waals surface area contributed by atoms with Gasteiger partial charge in [0.15, 0.2) is 0 Å². The summed E-state index contributed by atoms with van der Waals surface area (Å²) in [6.45, 7) is 4.26. The summed E-state index contributed by atoms with van der Waals surface area (Å²) in [7, 11) is 17.9. The molecule has 28 heteroatoms. The Balaban J connectivity index is 0.000000237. The lowest BCUT2D eigenvalue weighted by atomic mass is 10.2. The van der Waals surface area contributed by atoms with Gasteiger partial charge in [-0.05, 0) is 113 Å². The van der Waals surface area contributed by atoms with Crippen LogP contribution in [0.4, 0.5) is 22.7 Å². The average molecular weight is 1260 g/mol. The SMILES string of the molecule is CNC(=O)CCCNC(=O)c1ccc2c(c1)nc(CCNC(=O)c1cc(NC(=O)c3ccc4c(c3)ncn4C)cn1C)n2C.Cc1cc(C(=O)Nc2cc(C(=O)Nc3cc(C(=O)Nc4cc(C(=O)NCCC(=O)NCCCN(C)C)n(C)c4)n(C)c3)n(C)c2)n(C)c1. The Hall–Kier alpha value is -11.0. The molecule has 0 fully saturated rings. The summed E-state index contributed by atoms with van der Waals surface area (Å²) in [5.41, 5.74) is 8.68. The van der Waals surface area contributed by atoms with Crippen LogP contribution in [0.3, 0.4) is 0 Å². The first-order valence-electron chi connectivity index (χ1n) is 29.7. The van der Waals surface area contributed by atoms with Crippen LogP contribution >= 0.6 is 0 Å². The highest BCUT2D eigenvalue weighted by Gasteiger charge is 2.22. The second-order valence-corrected chi connectivity index (χ2v) is 22.6. The molecular weight excluding hydrogens is 1180 g/mol. The number of imidazole rings is 2. The van der Waals surface area contributed by atoms with E-state index in [1.165, 1.54) is 0 Å². The molecule has 0 atom stereocenters. The molecule has 0 unspecified atom stereocenters. The number of aromatic nitrogens is 9. The Morgan fingerprint density at radius 2 is 0.902 bits per heavy atom. The van der Waals surface area contributed by atoms with Gasteiger partial charge in [0.1, 0.15) is 34.3 Å². The van der Waals surface area contributed by atoms with Gasteiger partial charge in [-0.25, -0.2) is 9.97 Å². The Morgan fingerprint density at radius 3 is 1.42 bits per heavy atom. The number of fused-ring (bicyclic) bond motifs is 2. The molecule has 0 aliphatic carbocycles. The van der Waals surface area contributed by atoms with E-state index in [-0.39, 0.29) is 60.0 Å². The first-order valence-corrected chi connectivity index (χ1v) is 29.7. The maximum atomic E-state index is 13.1. The highest BCUT2D eigenvalue weighted by atomic mass is 16.2. The van der Waals surface area contributed by atoms with Crippen molar-refractivity contribution in [1.82, 2.24) is 73.4 Å². The van der Waals surface area contributed by atoms with E-state index in [0.717, 1.165) is 40.9 Å². The van der Waals surface area contributed by atoms with Crippen molar-refractivity contribution in [3.63, 3.8) is 0 Å². The molecule has 7 aromatic heterocycles. The van der Waals surface area contributed by atoms with Gasteiger partial charge in [-0.15, -0.1) is 0 Å². The van der Waals surface area contributed by atoms with Crippen LogP contribution in [-0.2, 0) is 65.3 Å². The minimum Gasteiger partial charge on any atom is -0.359 e. The monoisotopic (exact) mass is 1260 g/mol. The maximum Gasteiger partial charge on any atom is 0.272 e. The largest absolute Gasteiger partial charge is 0.359 e. The fourth-order valence-electron chi connectivity index (χ4n) is 10.2. The fourth-order valence-corrected chi connectivity index (χ4v) is 10.2. The van der Waals surface area contributed by atoms with Crippen LogP contribution in [0.2, 0.25) is 0 Å². The lowest BCUT2D eigenvalue weighted by Gasteiger charge is -2.10. The Kier molecular flexibility index (Phi) is 21.8. The molecule has 2 aromatic carbocycles. The highest BCUT2D eigenvalue weighted by Crippen LogP contribution is 2.23. The summed E-state index contributed by atoms with van der Waals surface area (Å²) in [6.07, 6.45) is 12.5. The molecule has 0 spiro atoms. The van der Waals surface area contributed by atoms with Gasteiger partial charge in [-0.2, -0.15) is 0 Å². The molecule has 7 heterocycles. The summed E-state index contributed by atoms with van der Waals surface area (Å²) in [5.74, 6) is -1.78. The Morgan fingerprint density at radius 1 is 0.446 bits per heavy atom. The summed E-state index contributed by atoms with van der Waals surface area (Å²) in [6, 6.07) is 18.7. The van der Waals surface area contributed by atoms with E-state index in [1.807, 2.05) is 67.5 Å². The van der Waals surface area contributed by atoms with Crippen LogP contribution in [0.25, 0.3) is 22.1 Å².